The summed E-state index contributed by atoms with van der Waals surface area (Å²) >= 11 is 0. The van der Waals surface area contributed by atoms with Crippen molar-refractivity contribution in [3.05, 3.63) is 0 Å². The number of ether oxygens (including phenoxy) is 1. The van der Waals surface area contributed by atoms with E-state index in [-0.39, 0.29) is 17.1 Å². The average Bonchev–Trinajstić information content (AvgIpc) is 2.42. The first-order chi connectivity index (χ1) is 10.7. The molecular weight excluding hydrogens is 306 g/mol. The molecule has 136 valence electrons. The van der Waals surface area contributed by atoms with Crippen molar-refractivity contribution in [3.63, 3.8) is 0 Å². The number of nitrogens with one attached hydrogen (secondary N) is 1. The van der Waals surface area contributed by atoms with Crippen molar-refractivity contribution >= 4 is 8.32 Å². The van der Waals surface area contributed by atoms with Crippen LogP contribution in [0.3, 0.4) is 0 Å². The summed E-state index contributed by atoms with van der Waals surface area (Å²) in [7, 11) is -1.70. The molecule has 0 radical (unpaired) electrons. The normalized spacial score (nSPS) is 28.4. The summed E-state index contributed by atoms with van der Waals surface area (Å²) in [5.41, 5.74) is -0.0373. The Morgan fingerprint density at radius 1 is 1.22 bits per heavy atom. The number of aliphatic hydroxyl groups excluding tert-OH is 1. The smallest absolute Gasteiger partial charge is 0.192 e. The van der Waals surface area contributed by atoms with E-state index < -0.39 is 8.32 Å². The highest BCUT2D eigenvalue weighted by Crippen LogP contribution is 2.40. The van der Waals surface area contributed by atoms with Crippen molar-refractivity contribution in [1.82, 2.24) is 5.32 Å². The molecule has 23 heavy (non-hydrogen) atoms. The lowest BCUT2D eigenvalue weighted by Crippen LogP contribution is -2.53. The number of rotatable bonds is 7. The van der Waals surface area contributed by atoms with Crippen LogP contribution in [0.2, 0.25) is 18.1 Å². The van der Waals surface area contributed by atoms with E-state index in [1.165, 1.54) is 25.7 Å². The zero-order valence-corrected chi connectivity index (χ0v) is 16.8. The molecule has 1 aliphatic carbocycles. The molecule has 0 bridgehead atoms. The monoisotopic (exact) mass is 343 g/mol. The summed E-state index contributed by atoms with van der Waals surface area (Å²) in [6, 6.07) is 0. The lowest BCUT2D eigenvalue weighted by molar-refractivity contribution is -0.134. The summed E-state index contributed by atoms with van der Waals surface area (Å²) in [6.07, 6.45) is 5.48. The average molecular weight is 344 g/mol. The Hall–Kier alpha value is 0.0569. The molecule has 1 saturated carbocycles. The van der Waals surface area contributed by atoms with Gasteiger partial charge in [0.2, 0.25) is 0 Å². The van der Waals surface area contributed by atoms with Crippen molar-refractivity contribution in [2.24, 2.45) is 11.3 Å². The molecule has 0 aromatic rings. The fourth-order valence-corrected chi connectivity index (χ4v) is 4.70. The van der Waals surface area contributed by atoms with Gasteiger partial charge in [0, 0.05) is 19.2 Å². The van der Waals surface area contributed by atoms with E-state index in [9.17, 15) is 5.11 Å². The van der Waals surface area contributed by atoms with E-state index in [4.69, 9.17) is 9.16 Å². The molecule has 0 unspecified atom stereocenters. The second-order valence-corrected chi connectivity index (χ2v) is 14.0. The van der Waals surface area contributed by atoms with Crippen LogP contribution in [0, 0.1) is 11.3 Å². The molecule has 2 rings (SSSR count). The molecule has 0 amide bonds. The molecule has 5 heteroatoms. The van der Waals surface area contributed by atoms with Crippen LogP contribution in [-0.4, -0.2) is 52.4 Å². The molecule has 1 heterocycles. The van der Waals surface area contributed by atoms with Crippen molar-refractivity contribution in [3.8, 4) is 0 Å². The second-order valence-electron chi connectivity index (χ2n) is 9.24. The van der Waals surface area contributed by atoms with Crippen LogP contribution in [0.25, 0.3) is 0 Å². The van der Waals surface area contributed by atoms with Gasteiger partial charge in [-0.2, -0.15) is 0 Å². The van der Waals surface area contributed by atoms with Gasteiger partial charge in [0.25, 0.3) is 0 Å². The van der Waals surface area contributed by atoms with Gasteiger partial charge < -0.3 is 19.6 Å². The minimum absolute atomic E-state index is 0.0373. The first kappa shape index (κ1) is 19.4. The van der Waals surface area contributed by atoms with E-state index in [1.807, 2.05) is 0 Å². The van der Waals surface area contributed by atoms with Crippen LogP contribution < -0.4 is 5.32 Å². The van der Waals surface area contributed by atoms with Gasteiger partial charge in [-0.3, -0.25) is 0 Å². The summed E-state index contributed by atoms with van der Waals surface area (Å²) in [5.74, 6) is 0.606. The molecule has 0 aromatic carbocycles. The van der Waals surface area contributed by atoms with Crippen LogP contribution >= 0.6 is 0 Å². The highest BCUT2D eigenvalue weighted by molar-refractivity contribution is 6.74. The predicted molar refractivity (Wildman–Crippen MR) is 97.2 cm³/mol. The Morgan fingerprint density at radius 2 is 1.87 bits per heavy atom. The van der Waals surface area contributed by atoms with Crippen molar-refractivity contribution in [1.29, 1.82) is 0 Å². The van der Waals surface area contributed by atoms with Crippen LogP contribution in [-0.2, 0) is 9.16 Å². The van der Waals surface area contributed by atoms with Gasteiger partial charge >= 0.3 is 0 Å². The Balaban J connectivity index is 1.86. The van der Waals surface area contributed by atoms with Crippen LogP contribution in [0.15, 0.2) is 0 Å². The van der Waals surface area contributed by atoms with Gasteiger partial charge in [-0.15, -0.1) is 0 Å². The number of hydrogen-bond acceptors (Lipinski definition) is 4. The summed E-state index contributed by atoms with van der Waals surface area (Å²) in [4.78, 5) is 0. The molecule has 4 nitrogen and oxygen atoms in total. The van der Waals surface area contributed by atoms with Crippen LogP contribution in [0.5, 0.6) is 0 Å². The van der Waals surface area contributed by atoms with Crippen molar-refractivity contribution in [2.45, 2.75) is 70.7 Å². The highest BCUT2D eigenvalue weighted by Gasteiger charge is 2.42. The van der Waals surface area contributed by atoms with Crippen LogP contribution in [0.1, 0.15) is 46.5 Å². The molecule has 2 aliphatic rings. The lowest BCUT2D eigenvalue weighted by atomic mass is 9.84. The van der Waals surface area contributed by atoms with Gasteiger partial charge in [-0.25, -0.2) is 0 Å². The molecule has 1 saturated heterocycles. The van der Waals surface area contributed by atoms with Gasteiger partial charge in [0.15, 0.2) is 8.32 Å². The topological polar surface area (TPSA) is 50.7 Å². The Bertz CT molecular complexity index is 371. The SMILES string of the molecule is CC(C)(C)[Si](C)(C)O[C@@H]1CCCC[C@H]1CNCC1(CO)COC1. The molecule has 0 spiro atoms. The fraction of sp³-hybridized carbons (Fsp3) is 1.00. The highest BCUT2D eigenvalue weighted by atomic mass is 28.4. The Labute approximate surface area is 143 Å². The van der Waals surface area contributed by atoms with Crippen molar-refractivity contribution in [2.75, 3.05) is 32.9 Å². The van der Waals surface area contributed by atoms with E-state index in [0.717, 1.165) is 13.1 Å². The quantitative estimate of drug-likeness (QED) is 0.697. The molecule has 2 N–H and O–H groups in total. The maximum Gasteiger partial charge on any atom is 0.192 e. The van der Waals surface area contributed by atoms with E-state index in [2.05, 4.69) is 39.2 Å². The number of hydrogen-bond donors (Lipinski definition) is 2. The Kier molecular flexibility index (Phi) is 6.34. The van der Waals surface area contributed by atoms with Gasteiger partial charge in [0.1, 0.15) is 0 Å². The van der Waals surface area contributed by atoms with Gasteiger partial charge in [-0.1, -0.05) is 33.6 Å². The molecule has 2 atom stereocenters. The lowest BCUT2D eigenvalue weighted by Gasteiger charge is -2.44. The third-order valence-corrected chi connectivity index (χ3v) is 10.7. The Morgan fingerprint density at radius 3 is 2.39 bits per heavy atom. The minimum atomic E-state index is -1.70. The molecular formula is C18H37NO3Si. The zero-order chi connectivity index (χ0) is 17.1. The molecule has 0 aromatic heterocycles. The predicted octanol–water partition coefficient (Wildman–Crippen LogP) is 3.17. The van der Waals surface area contributed by atoms with Gasteiger partial charge in [0.05, 0.1) is 25.2 Å². The van der Waals surface area contributed by atoms with E-state index >= 15 is 0 Å². The summed E-state index contributed by atoms with van der Waals surface area (Å²) in [5, 5.41) is 13.4. The summed E-state index contributed by atoms with van der Waals surface area (Å²) < 4.78 is 12.0. The zero-order valence-electron chi connectivity index (χ0n) is 15.8. The largest absolute Gasteiger partial charge is 0.414 e. The minimum Gasteiger partial charge on any atom is -0.414 e. The molecule has 2 fully saturated rings. The van der Waals surface area contributed by atoms with Crippen LogP contribution in [0.4, 0.5) is 0 Å². The van der Waals surface area contributed by atoms with E-state index in [0.29, 0.717) is 25.2 Å². The van der Waals surface area contributed by atoms with Gasteiger partial charge in [-0.05, 0) is 36.9 Å². The summed E-state index contributed by atoms with van der Waals surface area (Å²) in [6.45, 7) is 15.1. The maximum atomic E-state index is 9.53. The number of aliphatic hydroxyl groups is 1. The second kappa shape index (κ2) is 7.52. The van der Waals surface area contributed by atoms with Crippen molar-refractivity contribution < 1.29 is 14.3 Å². The third-order valence-electron chi connectivity index (χ3n) is 6.15. The van der Waals surface area contributed by atoms with E-state index in [1.54, 1.807) is 0 Å². The standard InChI is InChI=1S/C18H37NO3Si/c1-17(2,3)23(4,5)22-16-9-7-6-8-15(16)10-19-11-18(12-20)13-21-14-18/h15-16,19-20H,6-14H2,1-5H3/t15-,16+/m0/s1. The third kappa shape index (κ3) is 4.79. The molecule has 1 aliphatic heterocycles. The fourth-order valence-electron chi connectivity index (χ4n) is 3.28. The first-order valence-corrected chi connectivity index (χ1v) is 12.2. The maximum absolute atomic E-state index is 9.53. The first-order valence-electron chi connectivity index (χ1n) is 9.26.